The van der Waals surface area contributed by atoms with Gasteiger partial charge in [-0.05, 0) is 29.8 Å². The molecule has 3 aromatic rings. The summed E-state index contributed by atoms with van der Waals surface area (Å²) in [4.78, 5) is 12.4. The summed E-state index contributed by atoms with van der Waals surface area (Å²) < 4.78 is 15.1. The molecule has 100 valence electrons. The molecule has 1 heterocycles. The van der Waals surface area contributed by atoms with Gasteiger partial charge in [0.2, 0.25) is 0 Å². The Morgan fingerprint density at radius 3 is 2.85 bits per heavy atom. The van der Waals surface area contributed by atoms with E-state index in [1.54, 1.807) is 17.4 Å². The van der Waals surface area contributed by atoms with Crippen LogP contribution in [0, 0.1) is 5.82 Å². The Balaban J connectivity index is 1.95. The Hall–Kier alpha value is -1.52. The zero-order valence-electron chi connectivity index (χ0n) is 10.4. The van der Waals surface area contributed by atoms with Gasteiger partial charge < -0.3 is 0 Å². The molecule has 3 rings (SSSR count). The maximum absolute atomic E-state index is 13.3. The molecule has 4 heteroatoms. The largest absolute Gasteiger partial charge is 0.294 e. The van der Waals surface area contributed by atoms with Crippen LogP contribution in [0.15, 0.2) is 52.3 Å². The van der Waals surface area contributed by atoms with E-state index < -0.39 is 0 Å². The fourth-order valence-electron chi connectivity index (χ4n) is 2.14. The number of carbonyl (C=O) groups is 1. The number of Topliss-reactive ketones (excluding diaryl/α,β-unsaturated/α-hetero) is 1. The van der Waals surface area contributed by atoms with Crippen molar-refractivity contribution in [3.63, 3.8) is 0 Å². The molecule has 0 aliphatic carbocycles. The first-order valence-electron chi connectivity index (χ1n) is 6.08. The third-order valence-corrected chi connectivity index (χ3v) is 4.88. The quantitative estimate of drug-likeness (QED) is 0.592. The number of halogens is 2. The van der Waals surface area contributed by atoms with Crippen molar-refractivity contribution < 1.29 is 9.18 Å². The van der Waals surface area contributed by atoms with Crippen LogP contribution in [-0.4, -0.2) is 5.78 Å². The first-order valence-corrected chi connectivity index (χ1v) is 7.76. The number of rotatable bonds is 3. The molecule has 0 N–H and O–H groups in total. The van der Waals surface area contributed by atoms with Gasteiger partial charge >= 0.3 is 0 Å². The number of thiophene rings is 1. The fourth-order valence-corrected chi connectivity index (χ4v) is 3.49. The van der Waals surface area contributed by atoms with E-state index in [2.05, 4.69) is 15.9 Å². The Morgan fingerprint density at radius 1 is 1.20 bits per heavy atom. The number of ketones is 1. The second-order valence-corrected chi connectivity index (χ2v) is 6.25. The molecule has 0 aliphatic rings. The third-order valence-electron chi connectivity index (χ3n) is 3.14. The first-order chi connectivity index (χ1) is 9.65. The second-order valence-electron chi connectivity index (χ2n) is 4.48. The molecule has 0 aliphatic heterocycles. The summed E-state index contributed by atoms with van der Waals surface area (Å²) >= 11 is 4.91. The van der Waals surface area contributed by atoms with E-state index in [0.717, 1.165) is 14.6 Å². The van der Waals surface area contributed by atoms with Crippen LogP contribution in [0.1, 0.15) is 15.9 Å². The molecule has 1 aromatic heterocycles. The highest BCUT2D eigenvalue weighted by atomic mass is 79.9. The molecule has 0 unspecified atom stereocenters. The normalized spacial score (nSPS) is 10.9. The Bertz CT molecular complexity index is 794. The molecule has 0 saturated heterocycles. The van der Waals surface area contributed by atoms with Crippen molar-refractivity contribution >= 4 is 43.1 Å². The lowest BCUT2D eigenvalue weighted by atomic mass is 10.0. The highest BCUT2D eigenvalue weighted by molar-refractivity contribution is 9.10. The standard InChI is InChI=1S/C16H10BrFOS/c17-14-6-5-11(18)7-10(14)8-15(19)13-9-20-16-4-2-1-3-12(13)16/h1-7,9H,8H2. The lowest BCUT2D eigenvalue weighted by molar-refractivity contribution is 0.0994. The highest BCUT2D eigenvalue weighted by Gasteiger charge is 2.14. The molecule has 0 amide bonds. The first kappa shape index (κ1) is 13.5. The van der Waals surface area contributed by atoms with Crippen molar-refractivity contribution in [1.82, 2.24) is 0 Å². The number of fused-ring (bicyclic) bond motifs is 1. The minimum atomic E-state index is -0.328. The van der Waals surface area contributed by atoms with E-state index in [1.165, 1.54) is 12.1 Å². The molecule has 0 radical (unpaired) electrons. The average Bonchev–Trinajstić information content (AvgIpc) is 2.87. The zero-order chi connectivity index (χ0) is 14.1. The van der Waals surface area contributed by atoms with Crippen molar-refractivity contribution in [3.05, 3.63) is 69.3 Å². The summed E-state index contributed by atoms with van der Waals surface area (Å²) in [5.74, 6) is -0.320. The fraction of sp³-hybridized carbons (Fsp3) is 0.0625. The van der Waals surface area contributed by atoms with E-state index in [0.29, 0.717) is 11.1 Å². The molecule has 20 heavy (non-hydrogen) atoms. The van der Waals surface area contributed by atoms with Gasteiger partial charge in [-0.1, -0.05) is 34.1 Å². The van der Waals surface area contributed by atoms with Crippen LogP contribution >= 0.6 is 27.3 Å². The van der Waals surface area contributed by atoms with Crippen molar-refractivity contribution in [1.29, 1.82) is 0 Å². The van der Waals surface area contributed by atoms with Gasteiger partial charge in [0.15, 0.2) is 5.78 Å². The van der Waals surface area contributed by atoms with E-state index in [4.69, 9.17) is 0 Å². The number of hydrogen-bond acceptors (Lipinski definition) is 2. The highest BCUT2D eigenvalue weighted by Crippen LogP contribution is 2.27. The van der Waals surface area contributed by atoms with Gasteiger partial charge in [0.25, 0.3) is 0 Å². The van der Waals surface area contributed by atoms with Gasteiger partial charge in [0.05, 0.1) is 0 Å². The topological polar surface area (TPSA) is 17.1 Å². The second kappa shape index (κ2) is 5.46. The molecule has 0 fully saturated rings. The van der Waals surface area contributed by atoms with Crippen molar-refractivity contribution in [2.75, 3.05) is 0 Å². The average molecular weight is 349 g/mol. The van der Waals surface area contributed by atoms with Crippen molar-refractivity contribution in [2.45, 2.75) is 6.42 Å². The van der Waals surface area contributed by atoms with Gasteiger partial charge in [-0.3, -0.25) is 4.79 Å². The molecule has 0 atom stereocenters. The molecular weight excluding hydrogens is 339 g/mol. The Labute approximate surface area is 128 Å². The SMILES string of the molecule is O=C(Cc1cc(F)ccc1Br)c1csc2ccccc12. The van der Waals surface area contributed by atoms with E-state index in [9.17, 15) is 9.18 Å². The lowest BCUT2D eigenvalue weighted by Gasteiger charge is -2.04. The predicted octanol–water partition coefficient (Wildman–Crippen LogP) is 5.23. The number of benzene rings is 2. The summed E-state index contributed by atoms with van der Waals surface area (Å²) in [5.41, 5.74) is 1.38. The smallest absolute Gasteiger partial charge is 0.168 e. The van der Waals surface area contributed by atoms with Crippen molar-refractivity contribution in [3.8, 4) is 0 Å². The van der Waals surface area contributed by atoms with Crippen molar-refractivity contribution in [2.24, 2.45) is 0 Å². The summed E-state index contributed by atoms with van der Waals surface area (Å²) in [6.07, 6.45) is 0.194. The summed E-state index contributed by atoms with van der Waals surface area (Å²) in [5, 5.41) is 2.84. The van der Waals surface area contributed by atoms with Crippen LogP contribution in [0.4, 0.5) is 4.39 Å². The molecule has 1 nitrogen and oxygen atoms in total. The molecule has 2 aromatic carbocycles. The summed E-state index contributed by atoms with van der Waals surface area (Å²) in [6.45, 7) is 0. The van der Waals surface area contributed by atoms with Crippen LogP contribution in [0.3, 0.4) is 0 Å². The number of carbonyl (C=O) groups excluding carboxylic acids is 1. The minimum absolute atomic E-state index is 0.00810. The predicted molar refractivity (Wildman–Crippen MR) is 84.0 cm³/mol. The van der Waals surface area contributed by atoms with Crippen LogP contribution < -0.4 is 0 Å². The molecule has 0 bridgehead atoms. The summed E-state index contributed by atoms with van der Waals surface area (Å²) in [6, 6.07) is 12.2. The summed E-state index contributed by atoms with van der Waals surface area (Å²) in [7, 11) is 0. The lowest BCUT2D eigenvalue weighted by Crippen LogP contribution is -2.03. The number of hydrogen-bond donors (Lipinski definition) is 0. The van der Waals surface area contributed by atoms with Crippen LogP contribution in [-0.2, 0) is 6.42 Å². The van der Waals surface area contributed by atoms with Crippen LogP contribution in [0.5, 0.6) is 0 Å². The van der Waals surface area contributed by atoms with Gasteiger partial charge in [-0.15, -0.1) is 11.3 Å². The monoisotopic (exact) mass is 348 g/mol. The van der Waals surface area contributed by atoms with E-state index in [-0.39, 0.29) is 18.0 Å². The zero-order valence-corrected chi connectivity index (χ0v) is 12.8. The van der Waals surface area contributed by atoms with Gasteiger partial charge in [-0.2, -0.15) is 0 Å². The van der Waals surface area contributed by atoms with Crippen LogP contribution in [0.2, 0.25) is 0 Å². The van der Waals surface area contributed by atoms with E-state index in [1.807, 2.05) is 29.6 Å². The molecule has 0 saturated carbocycles. The van der Waals surface area contributed by atoms with Crippen LogP contribution in [0.25, 0.3) is 10.1 Å². The maximum Gasteiger partial charge on any atom is 0.168 e. The Kier molecular flexibility index (Phi) is 3.68. The van der Waals surface area contributed by atoms with Gasteiger partial charge in [0, 0.05) is 31.9 Å². The third kappa shape index (κ3) is 2.53. The molecular formula is C16H10BrFOS. The maximum atomic E-state index is 13.3. The molecule has 0 spiro atoms. The Morgan fingerprint density at radius 2 is 2.00 bits per heavy atom. The van der Waals surface area contributed by atoms with E-state index >= 15 is 0 Å². The van der Waals surface area contributed by atoms with Gasteiger partial charge in [-0.25, -0.2) is 4.39 Å². The van der Waals surface area contributed by atoms with Gasteiger partial charge in [0.1, 0.15) is 5.82 Å². The minimum Gasteiger partial charge on any atom is -0.294 e.